The van der Waals surface area contributed by atoms with E-state index < -0.39 is 0 Å². The summed E-state index contributed by atoms with van der Waals surface area (Å²) in [5.41, 5.74) is 1.41. The predicted molar refractivity (Wildman–Crippen MR) is 65.2 cm³/mol. The summed E-state index contributed by atoms with van der Waals surface area (Å²) in [7, 11) is 4.68. The van der Waals surface area contributed by atoms with Crippen LogP contribution in [0.2, 0.25) is 5.02 Å². The number of likely N-dealkylation sites (N-methyl/N-ethyl adjacent to an activating group) is 1. The average Bonchev–Trinajstić information content (AvgIpc) is 2.50. The first-order valence-corrected chi connectivity index (χ1v) is 6.03. The smallest absolute Gasteiger partial charge is 0.0929 e. The quantitative estimate of drug-likeness (QED) is 0.678. The number of likely N-dealkylation sites (tertiary alicyclic amines) is 1. The summed E-state index contributed by atoms with van der Waals surface area (Å²) >= 11 is 5.88. The third-order valence-corrected chi connectivity index (χ3v) is 3.90. The molecule has 0 N–H and O–H groups in total. The number of rotatable bonds is 2. The van der Waals surface area contributed by atoms with Crippen molar-refractivity contribution in [2.75, 3.05) is 20.6 Å². The molecule has 1 heterocycles. The topological polar surface area (TPSA) is 0 Å². The van der Waals surface area contributed by atoms with Crippen LogP contribution in [0.4, 0.5) is 0 Å². The lowest BCUT2D eigenvalue weighted by Crippen LogP contribution is -2.44. The molecule has 0 aromatic heterocycles. The van der Waals surface area contributed by atoms with E-state index in [9.17, 15) is 0 Å². The van der Waals surface area contributed by atoms with Crippen LogP contribution in [0.5, 0.6) is 0 Å². The van der Waals surface area contributed by atoms with Crippen molar-refractivity contribution in [1.82, 2.24) is 0 Å². The Balaban J connectivity index is 2.06. The minimum Gasteiger partial charge on any atom is -0.326 e. The predicted octanol–water partition coefficient (Wildman–Crippen LogP) is 3.12. The second-order valence-electron chi connectivity index (χ2n) is 5.13. The molecule has 1 aliphatic heterocycles. The van der Waals surface area contributed by atoms with Crippen LogP contribution in [-0.4, -0.2) is 31.2 Å². The van der Waals surface area contributed by atoms with E-state index >= 15 is 0 Å². The molecule has 1 fully saturated rings. The van der Waals surface area contributed by atoms with Gasteiger partial charge >= 0.3 is 0 Å². The number of quaternary nitrogens is 1. The van der Waals surface area contributed by atoms with Gasteiger partial charge in [-0.2, -0.15) is 0 Å². The van der Waals surface area contributed by atoms with Crippen molar-refractivity contribution in [3.63, 3.8) is 0 Å². The number of halogens is 1. The van der Waals surface area contributed by atoms with Crippen molar-refractivity contribution in [1.29, 1.82) is 0 Å². The number of benzene rings is 1. The highest BCUT2D eigenvalue weighted by molar-refractivity contribution is 6.30. The third kappa shape index (κ3) is 2.53. The first kappa shape index (κ1) is 11.0. The lowest BCUT2D eigenvalue weighted by atomic mass is 10.0. The Morgan fingerprint density at radius 1 is 1.27 bits per heavy atom. The minimum absolute atomic E-state index is 0.783. The van der Waals surface area contributed by atoms with Gasteiger partial charge in [0.15, 0.2) is 0 Å². The van der Waals surface area contributed by atoms with E-state index in [4.69, 9.17) is 11.6 Å². The fourth-order valence-electron chi connectivity index (χ4n) is 2.51. The lowest BCUT2D eigenvalue weighted by molar-refractivity contribution is -0.902. The van der Waals surface area contributed by atoms with E-state index in [1.54, 1.807) is 0 Å². The van der Waals surface area contributed by atoms with Crippen LogP contribution in [0, 0.1) is 0 Å². The molecule has 1 aliphatic rings. The minimum atomic E-state index is 0.783. The van der Waals surface area contributed by atoms with Gasteiger partial charge in [-0.3, -0.25) is 0 Å². The van der Waals surface area contributed by atoms with Crippen LogP contribution < -0.4 is 0 Å². The van der Waals surface area contributed by atoms with Crippen molar-refractivity contribution in [2.24, 2.45) is 0 Å². The highest BCUT2D eigenvalue weighted by Gasteiger charge is 2.33. The molecule has 1 aromatic carbocycles. The number of hydrogen-bond donors (Lipinski definition) is 0. The maximum atomic E-state index is 5.88. The first-order valence-electron chi connectivity index (χ1n) is 5.65. The van der Waals surface area contributed by atoms with Gasteiger partial charge in [0.25, 0.3) is 0 Å². The highest BCUT2D eigenvalue weighted by atomic mass is 35.5. The molecule has 2 rings (SSSR count). The lowest BCUT2D eigenvalue weighted by Gasteiger charge is -2.31. The maximum absolute atomic E-state index is 5.88. The summed E-state index contributed by atoms with van der Waals surface area (Å²) in [5.74, 6) is 0. The van der Waals surface area contributed by atoms with Gasteiger partial charge < -0.3 is 4.48 Å². The van der Waals surface area contributed by atoms with Crippen molar-refractivity contribution < 1.29 is 4.48 Å². The summed E-state index contributed by atoms with van der Waals surface area (Å²) in [6.45, 7) is 1.32. The third-order valence-electron chi connectivity index (χ3n) is 3.64. The van der Waals surface area contributed by atoms with Gasteiger partial charge in [0.1, 0.15) is 0 Å². The fourth-order valence-corrected chi connectivity index (χ4v) is 2.63. The molecule has 0 radical (unpaired) electrons. The van der Waals surface area contributed by atoms with Gasteiger partial charge in [0.05, 0.1) is 26.7 Å². The second-order valence-corrected chi connectivity index (χ2v) is 5.57. The molecule has 2 heteroatoms. The Morgan fingerprint density at radius 2 is 1.93 bits per heavy atom. The van der Waals surface area contributed by atoms with Crippen molar-refractivity contribution in [3.05, 3.63) is 34.9 Å². The van der Waals surface area contributed by atoms with Crippen molar-refractivity contribution >= 4 is 11.6 Å². The zero-order valence-corrected chi connectivity index (χ0v) is 10.3. The van der Waals surface area contributed by atoms with E-state index in [1.807, 2.05) is 12.1 Å². The van der Waals surface area contributed by atoms with Gasteiger partial charge in [-0.05, 0) is 17.7 Å². The number of nitrogens with zero attached hydrogens (tertiary/aromatic N) is 1. The summed E-state index contributed by atoms with van der Waals surface area (Å²) in [4.78, 5) is 0. The van der Waals surface area contributed by atoms with Crippen LogP contribution in [-0.2, 0) is 6.42 Å². The van der Waals surface area contributed by atoms with Crippen LogP contribution in [0.15, 0.2) is 24.3 Å². The van der Waals surface area contributed by atoms with E-state index in [0.29, 0.717) is 0 Å². The maximum Gasteiger partial charge on any atom is 0.0929 e. The number of hydrogen-bond acceptors (Lipinski definition) is 0. The molecule has 82 valence electrons. The van der Waals surface area contributed by atoms with Gasteiger partial charge in [-0.25, -0.2) is 0 Å². The van der Waals surface area contributed by atoms with Gasteiger partial charge in [-0.1, -0.05) is 23.7 Å². The molecule has 0 amide bonds. The van der Waals surface area contributed by atoms with E-state index in [-0.39, 0.29) is 0 Å². The van der Waals surface area contributed by atoms with E-state index in [1.165, 1.54) is 35.9 Å². The summed E-state index contributed by atoms with van der Waals surface area (Å²) < 4.78 is 1.17. The zero-order valence-electron chi connectivity index (χ0n) is 9.54. The Morgan fingerprint density at radius 3 is 2.47 bits per heavy atom. The van der Waals surface area contributed by atoms with E-state index in [2.05, 4.69) is 26.2 Å². The first-order chi connectivity index (χ1) is 7.08. The molecular weight excluding hydrogens is 206 g/mol. The fraction of sp³-hybridized carbons (Fsp3) is 0.538. The van der Waals surface area contributed by atoms with Gasteiger partial charge in [0.2, 0.25) is 0 Å². The molecule has 0 bridgehead atoms. The van der Waals surface area contributed by atoms with Gasteiger partial charge in [0, 0.05) is 24.3 Å². The zero-order chi connectivity index (χ0) is 10.9. The standard InChI is InChI=1S/C13H19ClN/c1-15(2)9-3-4-13(15)10-11-5-7-12(14)8-6-11/h5-8,13H,3-4,9-10H2,1-2H3/q+1. The van der Waals surface area contributed by atoms with Crippen LogP contribution >= 0.6 is 11.6 Å². The Kier molecular flexibility index (Phi) is 3.03. The van der Waals surface area contributed by atoms with Gasteiger partial charge in [-0.15, -0.1) is 0 Å². The van der Waals surface area contributed by atoms with Crippen LogP contribution in [0.1, 0.15) is 18.4 Å². The Labute approximate surface area is 97.3 Å². The summed E-state index contributed by atoms with van der Waals surface area (Å²) in [6, 6.07) is 9.07. The van der Waals surface area contributed by atoms with Crippen LogP contribution in [0.3, 0.4) is 0 Å². The molecule has 0 aliphatic carbocycles. The van der Waals surface area contributed by atoms with Crippen LogP contribution in [0.25, 0.3) is 0 Å². The monoisotopic (exact) mass is 224 g/mol. The summed E-state index contributed by atoms with van der Waals surface area (Å²) in [6.07, 6.45) is 3.91. The van der Waals surface area contributed by atoms with E-state index in [0.717, 1.165) is 11.1 Å². The molecule has 0 saturated carbocycles. The second kappa shape index (κ2) is 4.15. The SMILES string of the molecule is C[N+]1(C)CCCC1Cc1ccc(Cl)cc1. The molecule has 15 heavy (non-hydrogen) atoms. The molecule has 1 atom stereocenters. The summed E-state index contributed by atoms with van der Waals surface area (Å²) in [5, 5.41) is 0.832. The molecule has 1 aromatic rings. The molecule has 1 unspecified atom stereocenters. The molecule has 1 saturated heterocycles. The largest absolute Gasteiger partial charge is 0.326 e. The molecule has 0 spiro atoms. The average molecular weight is 225 g/mol. The normalized spacial score (nSPS) is 24.3. The molecule has 1 nitrogen and oxygen atoms in total. The molecular formula is C13H19ClN+. The van der Waals surface area contributed by atoms with Crippen molar-refractivity contribution in [2.45, 2.75) is 25.3 Å². The Bertz CT molecular complexity index is 329. The highest BCUT2D eigenvalue weighted by Crippen LogP contribution is 2.25. The van der Waals surface area contributed by atoms with Crippen molar-refractivity contribution in [3.8, 4) is 0 Å². The Hall–Kier alpha value is -0.530.